The van der Waals surface area contributed by atoms with Gasteiger partial charge in [-0.15, -0.1) is 0 Å². The van der Waals surface area contributed by atoms with Crippen LogP contribution in [0.25, 0.3) is 0 Å². The second kappa shape index (κ2) is 7.63. The van der Waals surface area contributed by atoms with Crippen LogP contribution in [0, 0.1) is 0 Å². The number of allylic oxidation sites excluding steroid dienone is 1. The van der Waals surface area contributed by atoms with Crippen molar-refractivity contribution in [1.29, 1.82) is 0 Å². The molecule has 1 aromatic carbocycles. The van der Waals surface area contributed by atoms with Gasteiger partial charge in [-0.25, -0.2) is 9.79 Å². The highest BCUT2D eigenvalue weighted by Crippen LogP contribution is 2.45. The first-order chi connectivity index (χ1) is 12.5. The second-order valence-electron chi connectivity index (χ2n) is 5.56. The highest BCUT2D eigenvalue weighted by Gasteiger charge is 2.38. The lowest BCUT2D eigenvalue weighted by molar-refractivity contribution is -0.139. The molecule has 0 saturated carbocycles. The molecule has 26 heavy (non-hydrogen) atoms. The molecular formula is C18H19ClN2O4S. The third-order valence-corrected chi connectivity index (χ3v) is 5.21. The molecule has 1 atom stereocenters. The molecule has 0 unspecified atom stereocenters. The standard InChI is InChI=1S/C18H19ClN2O4S/c1-5-25-17(22)15-10(2)20-18-21(6-7-26-18)16(15)11-8-13(23-3)14(24-4)9-12(11)19/h6-9,16H,5H2,1-4H3/t16-/m0/s1. The fourth-order valence-corrected chi connectivity index (χ4v) is 4.00. The molecule has 8 heteroatoms. The van der Waals surface area contributed by atoms with E-state index < -0.39 is 12.0 Å². The van der Waals surface area contributed by atoms with Crippen LogP contribution in [0.1, 0.15) is 25.5 Å². The van der Waals surface area contributed by atoms with Crippen molar-refractivity contribution in [3.8, 4) is 11.5 Å². The van der Waals surface area contributed by atoms with Crippen LogP contribution in [0.4, 0.5) is 0 Å². The SMILES string of the molecule is CCOC(=O)C1=C(C)N=C2SC=CN2[C@H]1c1cc(OC)c(OC)cc1Cl. The number of rotatable bonds is 5. The van der Waals surface area contributed by atoms with Gasteiger partial charge in [-0.3, -0.25) is 0 Å². The minimum Gasteiger partial charge on any atom is -0.493 e. The number of ether oxygens (including phenoxy) is 3. The van der Waals surface area contributed by atoms with E-state index in [2.05, 4.69) is 4.99 Å². The van der Waals surface area contributed by atoms with Gasteiger partial charge in [-0.1, -0.05) is 23.4 Å². The van der Waals surface area contributed by atoms with E-state index in [1.165, 1.54) is 11.8 Å². The number of hydrogen-bond donors (Lipinski definition) is 0. The summed E-state index contributed by atoms with van der Waals surface area (Å²) in [6, 6.07) is 3.02. The number of benzene rings is 1. The summed E-state index contributed by atoms with van der Waals surface area (Å²) in [5.41, 5.74) is 1.78. The van der Waals surface area contributed by atoms with Gasteiger partial charge in [0.05, 0.1) is 43.2 Å². The molecule has 0 radical (unpaired) electrons. The van der Waals surface area contributed by atoms with E-state index in [1.54, 1.807) is 40.2 Å². The Hall–Kier alpha value is -2.12. The monoisotopic (exact) mass is 394 g/mol. The number of nitrogens with zero attached hydrogens (tertiary/aromatic N) is 2. The summed E-state index contributed by atoms with van der Waals surface area (Å²) in [5, 5.41) is 3.17. The maximum atomic E-state index is 12.7. The van der Waals surface area contributed by atoms with Crippen LogP contribution in [0.5, 0.6) is 11.5 Å². The zero-order valence-corrected chi connectivity index (χ0v) is 16.5. The van der Waals surface area contributed by atoms with Crippen molar-refractivity contribution < 1.29 is 19.0 Å². The van der Waals surface area contributed by atoms with Gasteiger partial charge in [0.25, 0.3) is 0 Å². The summed E-state index contributed by atoms with van der Waals surface area (Å²) in [7, 11) is 3.11. The van der Waals surface area contributed by atoms with E-state index in [0.29, 0.717) is 33.4 Å². The largest absolute Gasteiger partial charge is 0.493 e. The van der Waals surface area contributed by atoms with Gasteiger partial charge in [0, 0.05) is 17.8 Å². The Labute approximate surface area is 161 Å². The molecule has 0 fully saturated rings. The van der Waals surface area contributed by atoms with Crippen molar-refractivity contribution >= 4 is 34.5 Å². The number of carbonyl (C=O) groups is 1. The molecule has 2 aliphatic rings. The fourth-order valence-electron chi connectivity index (χ4n) is 2.96. The van der Waals surface area contributed by atoms with E-state index in [-0.39, 0.29) is 6.61 Å². The van der Waals surface area contributed by atoms with Gasteiger partial charge in [0.15, 0.2) is 16.7 Å². The van der Waals surface area contributed by atoms with E-state index in [0.717, 1.165) is 5.17 Å². The minimum absolute atomic E-state index is 0.281. The van der Waals surface area contributed by atoms with Gasteiger partial charge in [0.1, 0.15) is 0 Å². The number of fused-ring (bicyclic) bond motifs is 1. The number of thioether (sulfide) groups is 1. The molecule has 0 bridgehead atoms. The molecule has 2 aliphatic heterocycles. The quantitative estimate of drug-likeness (QED) is 0.700. The lowest BCUT2D eigenvalue weighted by Crippen LogP contribution is -2.34. The molecule has 2 heterocycles. The Morgan fingerprint density at radius 1 is 1.31 bits per heavy atom. The Morgan fingerprint density at radius 3 is 2.65 bits per heavy atom. The van der Waals surface area contributed by atoms with E-state index in [1.807, 2.05) is 16.5 Å². The Kier molecular flexibility index (Phi) is 5.48. The van der Waals surface area contributed by atoms with Crippen LogP contribution in [-0.4, -0.2) is 36.9 Å². The molecular weight excluding hydrogens is 376 g/mol. The van der Waals surface area contributed by atoms with Crippen molar-refractivity contribution in [3.05, 3.63) is 45.6 Å². The predicted molar refractivity (Wildman–Crippen MR) is 103 cm³/mol. The summed E-state index contributed by atoms with van der Waals surface area (Å²) < 4.78 is 16.0. The van der Waals surface area contributed by atoms with Crippen LogP contribution >= 0.6 is 23.4 Å². The zero-order valence-electron chi connectivity index (χ0n) is 14.9. The van der Waals surface area contributed by atoms with E-state index in [4.69, 9.17) is 25.8 Å². The van der Waals surface area contributed by atoms with E-state index >= 15 is 0 Å². The van der Waals surface area contributed by atoms with Crippen molar-refractivity contribution in [1.82, 2.24) is 4.90 Å². The van der Waals surface area contributed by atoms with Crippen LogP contribution in [0.3, 0.4) is 0 Å². The summed E-state index contributed by atoms with van der Waals surface area (Å²) in [6.07, 6.45) is 1.88. The topological polar surface area (TPSA) is 60.4 Å². The maximum Gasteiger partial charge on any atom is 0.338 e. The first-order valence-electron chi connectivity index (χ1n) is 8.01. The van der Waals surface area contributed by atoms with Gasteiger partial charge >= 0.3 is 5.97 Å². The predicted octanol–water partition coefficient (Wildman–Crippen LogP) is 4.13. The van der Waals surface area contributed by atoms with Crippen molar-refractivity contribution in [2.45, 2.75) is 19.9 Å². The zero-order chi connectivity index (χ0) is 18.8. The van der Waals surface area contributed by atoms with Crippen LogP contribution in [0.15, 0.2) is 40.0 Å². The highest BCUT2D eigenvalue weighted by atomic mass is 35.5. The van der Waals surface area contributed by atoms with Gasteiger partial charge in [0.2, 0.25) is 0 Å². The third-order valence-electron chi connectivity index (χ3n) is 4.11. The molecule has 0 amide bonds. The molecule has 0 N–H and O–H groups in total. The number of methoxy groups -OCH3 is 2. The number of aliphatic imine (C=N–C) groups is 1. The lowest BCUT2D eigenvalue weighted by Gasteiger charge is -2.34. The molecule has 6 nitrogen and oxygen atoms in total. The van der Waals surface area contributed by atoms with Crippen molar-refractivity contribution in [2.24, 2.45) is 4.99 Å². The van der Waals surface area contributed by atoms with Crippen LogP contribution in [0.2, 0.25) is 5.02 Å². The number of carbonyl (C=O) groups excluding carboxylic acids is 1. The van der Waals surface area contributed by atoms with Gasteiger partial charge in [-0.05, 0) is 25.3 Å². The van der Waals surface area contributed by atoms with Crippen molar-refractivity contribution in [3.63, 3.8) is 0 Å². The molecule has 0 aromatic heterocycles. The lowest BCUT2D eigenvalue weighted by atomic mass is 9.94. The first kappa shape index (κ1) is 18.7. The Balaban J connectivity index is 2.18. The highest BCUT2D eigenvalue weighted by molar-refractivity contribution is 8.16. The van der Waals surface area contributed by atoms with E-state index in [9.17, 15) is 4.79 Å². The average Bonchev–Trinajstić information content (AvgIpc) is 3.08. The molecule has 1 aromatic rings. The maximum absolute atomic E-state index is 12.7. The van der Waals surface area contributed by atoms with Gasteiger partial charge in [-0.2, -0.15) is 0 Å². The molecule has 0 saturated heterocycles. The van der Waals surface area contributed by atoms with Crippen LogP contribution in [-0.2, 0) is 9.53 Å². The fraction of sp³-hybridized carbons (Fsp3) is 0.333. The smallest absolute Gasteiger partial charge is 0.338 e. The summed E-state index contributed by atoms with van der Waals surface area (Å²) >= 11 is 8.04. The minimum atomic E-state index is -0.458. The van der Waals surface area contributed by atoms with Gasteiger partial charge < -0.3 is 19.1 Å². The second-order valence-corrected chi connectivity index (χ2v) is 6.84. The average molecular weight is 395 g/mol. The first-order valence-corrected chi connectivity index (χ1v) is 9.27. The van der Waals surface area contributed by atoms with Crippen LogP contribution < -0.4 is 9.47 Å². The summed E-state index contributed by atoms with van der Waals surface area (Å²) in [6.45, 7) is 3.86. The molecule has 3 rings (SSSR count). The normalized spacial score (nSPS) is 18.6. The third kappa shape index (κ3) is 3.17. The number of esters is 1. The Morgan fingerprint density at radius 2 is 2.00 bits per heavy atom. The number of hydrogen-bond acceptors (Lipinski definition) is 7. The number of amidine groups is 1. The number of halogens is 1. The van der Waals surface area contributed by atoms with Crippen molar-refractivity contribution in [2.75, 3.05) is 20.8 Å². The summed E-state index contributed by atoms with van der Waals surface area (Å²) in [4.78, 5) is 19.1. The molecule has 138 valence electrons. The molecule has 0 aliphatic carbocycles. The summed E-state index contributed by atoms with van der Waals surface area (Å²) in [5.74, 6) is 0.650. The molecule has 0 spiro atoms. The Bertz CT molecular complexity index is 835.